The second-order valence-electron chi connectivity index (χ2n) is 0.724. The Balaban J connectivity index is 0. The molecule has 0 rings (SSSR count). The van der Waals surface area contributed by atoms with Gasteiger partial charge in [-0.2, -0.15) is 0 Å². The van der Waals surface area contributed by atoms with E-state index >= 15 is 0 Å². The SMILES string of the molecule is CCCO.[LiH]. The van der Waals surface area contributed by atoms with Crippen molar-refractivity contribution in [1.82, 2.24) is 0 Å². The molecule has 0 aliphatic carbocycles. The van der Waals surface area contributed by atoms with Crippen LogP contribution in [-0.2, 0) is 0 Å². The van der Waals surface area contributed by atoms with E-state index in [9.17, 15) is 0 Å². The minimum absolute atomic E-state index is 0. The van der Waals surface area contributed by atoms with E-state index in [1.165, 1.54) is 0 Å². The van der Waals surface area contributed by atoms with Gasteiger partial charge in [0.2, 0.25) is 0 Å². The van der Waals surface area contributed by atoms with E-state index < -0.39 is 0 Å². The molecule has 0 aliphatic heterocycles. The van der Waals surface area contributed by atoms with Crippen LogP contribution >= 0.6 is 0 Å². The molecule has 0 bridgehead atoms. The maximum absolute atomic E-state index is 7.88. The summed E-state index contributed by atoms with van der Waals surface area (Å²) < 4.78 is 0. The molecular formula is C3H9LiO. The molecule has 0 amide bonds. The van der Waals surface area contributed by atoms with Crippen LogP contribution in [0.1, 0.15) is 13.3 Å². The van der Waals surface area contributed by atoms with Crippen LogP contribution in [0.25, 0.3) is 0 Å². The molecule has 0 saturated carbocycles. The summed E-state index contributed by atoms with van der Waals surface area (Å²) in [4.78, 5) is 0. The molecule has 2 heteroatoms. The van der Waals surface area contributed by atoms with E-state index in [1.807, 2.05) is 6.92 Å². The predicted molar refractivity (Wildman–Crippen MR) is 24.5 cm³/mol. The zero-order valence-corrected chi connectivity index (χ0v) is 2.86. The van der Waals surface area contributed by atoms with E-state index in [0.717, 1.165) is 6.42 Å². The zero-order valence-electron chi connectivity index (χ0n) is 2.86. The molecular weight excluding hydrogens is 59.0 g/mol. The standard InChI is InChI=1S/C3H8O.Li.H/c1-2-3-4;;/h4H,2-3H2,1H3;;. The van der Waals surface area contributed by atoms with Gasteiger partial charge in [0, 0.05) is 6.61 Å². The van der Waals surface area contributed by atoms with Gasteiger partial charge in [0.05, 0.1) is 0 Å². The Hall–Kier alpha value is 0.557. The first-order valence-electron chi connectivity index (χ1n) is 1.52. The Morgan fingerprint density at radius 2 is 1.80 bits per heavy atom. The van der Waals surface area contributed by atoms with Crippen LogP contribution in [0.2, 0.25) is 0 Å². The van der Waals surface area contributed by atoms with Crippen molar-refractivity contribution in [3.05, 3.63) is 0 Å². The van der Waals surface area contributed by atoms with Gasteiger partial charge in [-0.3, -0.25) is 0 Å². The molecule has 0 fully saturated rings. The summed E-state index contributed by atoms with van der Waals surface area (Å²) in [5.74, 6) is 0. The predicted octanol–water partition coefficient (Wildman–Crippen LogP) is -0.260. The molecule has 0 aromatic heterocycles. The summed E-state index contributed by atoms with van der Waals surface area (Å²) in [6.07, 6.45) is 0.875. The van der Waals surface area contributed by atoms with E-state index in [4.69, 9.17) is 5.11 Å². The van der Waals surface area contributed by atoms with Crippen LogP contribution in [0.3, 0.4) is 0 Å². The van der Waals surface area contributed by atoms with E-state index in [2.05, 4.69) is 0 Å². The van der Waals surface area contributed by atoms with Gasteiger partial charge in [-0.1, -0.05) is 6.92 Å². The van der Waals surface area contributed by atoms with Gasteiger partial charge in [0.25, 0.3) is 0 Å². The first-order valence-corrected chi connectivity index (χ1v) is 1.52. The van der Waals surface area contributed by atoms with Crippen molar-refractivity contribution >= 4 is 18.9 Å². The quantitative estimate of drug-likeness (QED) is 0.420. The van der Waals surface area contributed by atoms with Crippen LogP contribution in [0.4, 0.5) is 0 Å². The van der Waals surface area contributed by atoms with Crippen molar-refractivity contribution in [3.8, 4) is 0 Å². The van der Waals surface area contributed by atoms with Gasteiger partial charge in [-0.05, 0) is 6.42 Å². The van der Waals surface area contributed by atoms with E-state index in [1.54, 1.807) is 0 Å². The van der Waals surface area contributed by atoms with Gasteiger partial charge in [-0.15, -0.1) is 0 Å². The molecule has 0 radical (unpaired) electrons. The number of aliphatic hydroxyl groups excluding tert-OH is 1. The van der Waals surface area contributed by atoms with E-state index in [-0.39, 0.29) is 18.9 Å². The molecule has 1 N–H and O–H groups in total. The number of hydrogen-bond acceptors (Lipinski definition) is 1. The van der Waals surface area contributed by atoms with Crippen LogP contribution in [0.15, 0.2) is 0 Å². The molecule has 0 unspecified atom stereocenters. The summed E-state index contributed by atoms with van der Waals surface area (Å²) in [6, 6.07) is 0. The average Bonchev–Trinajstić information content (AvgIpc) is 1.37. The zero-order chi connectivity index (χ0) is 3.41. The summed E-state index contributed by atoms with van der Waals surface area (Å²) >= 11 is 0. The number of hydrogen-bond donors (Lipinski definition) is 1. The molecule has 0 aliphatic rings. The topological polar surface area (TPSA) is 20.2 Å². The number of aliphatic hydroxyl groups is 1. The molecule has 28 valence electrons. The fourth-order valence-corrected chi connectivity index (χ4v) is 0. The molecule has 0 heterocycles. The van der Waals surface area contributed by atoms with Crippen LogP contribution in [0, 0.1) is 0 Å². The molecule has 5 heavy (non-hydrogen) atoms. The van der Waals surface area contributed by atoms with Crippen LogP contribution in [0.5, 0.6) is 0 Å². The third-order valence-corrected chi connectivity index (χ3v) is 0.224. The Bertz CT molecular complexity index is 8.85. The Morgan fingerprint density at radius 3 is 1.80 bits per heavy atom. The van der Waals surface area contributed by atoms with Gasteiger partial charge < -0.3 is 5.11 Å². The normalized spacial score (nSPS) is 6.00. The van der Waals surface area contributed by atoms with Crippen molar-refractivity contribution in [2.45, 2.75) is 13.3 Å². The summed E-state index contributed by atoms with van der Waals surface area (Å²) in [7, 11) is 0. The molecule has 0 aromatic rings. The van der Waals surface area contributed by atoms with Crippen molar-refractivity contribution in [2.24, 2.45) is 0 Å². The molecule has 1 nitrogen and oxygen atoms in total. The molecule has 0 saturated heterocycles. The van der Waals surface area contributed by atoms with Gasteiger partial charge >= 0.3 is 18.9 Å². The Kier molecular flexibility index (Phi) is 16.1. The minimum atomic E-state index is 0. The summed E-state index contributed by atoms with van der Waals surface area (Å²) in [6.45, 7) is 2.25. The van der Waals surface area contributed by atoms with Gasteiger partial charge in [0.1, 0.15) is 0 Å². The second-order valence-corrected chi connectivity index (χ2v) is 0.724. The van der Waals surface area contributed by atoms with Crippen LogP contribution in [-0.4, -0.2) is 30.6 Å². The van der Waals surface area contributed by atoms with Crippen molar-refractivity contribution in [1.29, 1.82) is 0 Å². The molecule has 0 spiro atoms. The van der Waals surface area contributed by atoms with Crippen molar-refractivity contribution in [3.63, 3.8) is 0 Å². The molecule has 0 aromatic carbocycles. The second kappa shape index (κ2) is 8.82. The van der Waals surface area contributed by atoms with Crippen molar-refractivity contribution < 1.29 is 5.11 Å². The fourth-order valence-electron chi connectivity index (χ4n) is 0. The summed E-state index contributed by atoms with van der Waals surface area (Å²) in [5.41, 5.74) is 0. The average molecular weight is 68.0 g/mol. The van der Waals surface area contributed by atoms with E-state index in [0.29, 0.717) is 6.61 Å². The Morgan fingerprint density at radius 1 is 1.60 bits per heavy atom. The van der Waals surface area contributed by atoms with Gasteiger partial charge in [-0.25, -0.2) is 0 Å². The van der Waals surface area contributed by atoms with Gasteiger partial charge in [0.15, 0.2) is 0 Å². The first-order chi connectivity index (χ1) is 1.91. The van der Waals surface area contributed by atoms with Crippen LogP contribution < -0.4 is 0 Å². The maximum atomic E-state index is 7.88. The first kappa shape index (κ1) is 9.12. The Labute approximate surface area is 44.6 Å². The third kappa shape index (κ3) is 12.3. The summed E-state index contributed by atoms with van der Waals surface area (Å²) in [5, 5.41) is 7.88. The fraction of sp³-hybridized carbons (Fsp3) is 1.00. The molecule has 0 atom stereocenters. The van der Waals surface area contributed by atoms with Crippen molar-refractivity contribution in [2.75, 3.05) is 6.61 Å². The monoisotopic (exact) mass is 68.1 g/mol. The number of rotatable bonds is 1. The third-order valence-electron chi connectivity index (χ3n) is 0.224.